The molecule has 0 radical (unpaired) electrons. The van der Waals surface area contributed by atoms with Gasteiger partial charge in [0, 0.05) is 25.6 Å². The molecule has 172 valence electrons. The number of halogens is 3. The van der Waals surface area contributed by atoms with Crippen molar-refractivity contribution in [2.75, 3.05) is 6.54 Å². The van der Waals surface area contributed by atoms with E-state index in [0.717, 1.165) is 5.56 Å². The van der Waals surface area contributed by atoms with Crippen LogP contribution in [0.3, 0.4) is 0 Å². The van der Waals surface area contributed by atoms with Gasteiger partial charge >= 0.3 is 6.18 Å². The first-order valence-corrected chi connectivity index (χ1v) is 10.4. The van der Waals surface area contributed by atoms with Gasteiger partial charge in [0.05, 0.1) is 5.60 Å². The van der Waals surface area contributed by atoms with Gasteiger partial charge in [-0.05, 0) is 43.2 Å². The molecule has 0 saturated heterocycles. The minimum Gasteiger partial charge on any atom is -0.462 e. The van der Waals surface area contributed by atoms with Crippen molar-refractivity contribution in [1.82, 2.24) is 4.90 Å². The number of benzene rings is 2. The Morgan fingerprint density at radius 2 is 1.81 bits per heavy atom. The normalized spacial score (nSPS) is 17.9. The number of rotatable bonds is 8. The SMILES string of the molecule is CC(C)(O)c1cccc(CN(CC(O)C(F)(F)F)C2C=CC=C(Oc3ccccc3)C2)c1. The van der Waals surface area contributed by atoms with Gasteiger partial charge in [0.2, 0.25) is 0 Å². The highest BCUT2D eigenvalue weighted by atomic mass is 19.4. The molecule has 2 unspecified atom stereocenters. The van der Waals surface area contributed by atoms with E-state index in [0.29, 0.717) is 23.5 Å². The maximum Gasteiger partial charge on any atom is 0.415 e. The zero-order chi connectivity index (χ0) is 23.4. The van der Waals surface area contributed by atoms with Crippen LogP contribution in [0.25, 0.3) is 0 Å². The molecule has 0 bridgehead atoms. The van der Waals surface area contributed by atoms with Gasteiger partial charge < -0.3 is 14.9 Å². The standard InChI is InChI=1S/C25H28F3NO3/c1-24(2,31)19-9-6-8-18(14-19)16-29(17-23(30)25(26,27)28)20-10-7-13-22(15-20)32-21-11-4-3-5-12-21/h3-14,20,23,30-31H,15-17H2,1-2H3. The molecule has 0 saturated carbocycles. The van der Waals surface area contributed by atoms with Crippen molar-refractivity contribution < 1.29 is 28.1 Å². The average Bonchev–Trinajstić information content (AvgIpc) is 2.73. The van der Waals surface area contributed by atoms with Crippen LogP contribution in [0.4, 0.5) is 13.2 Å². The van der Waals surface area contributed by atoms with Gasteiger partial charge in [-0.15, -0.1) is 0 Å². The molecule has 3 rings (SSSR count). The second-order valence-electron chi connectivity index (χ2n) is 8.45. The quantitative estimate of drug-likeness (QED) is 0.603. The molecular weight excluding hydrogens is 419 g/mol. The maximum absolute atomic E-state index is 13.1. The second-order valence-corrected chi connectivity index (χ2v) is 8.45. The van der Waals surface area contributed by atoms with Crippen molar-refractivity contribution in [3.63, 3.8) is 0 Å². The number of nitrogens with zero attached hydrogens (tertiary/aromatic N) is 1. The zero-order valence-corrected chi connectivity index (χ0v) is 18.1. The molecule has 0 spiro atoms. The van der Waals surface area contributed by atoms with Gasteiger partial charge in [-0.3, -0.25) is 4.90 Å². The molecule has 2 aromatic carbocycles. The molecule has 2 N–H and O–H groups in total. The highest BCUT2D eigenvalue weighted by Gasteiger charge is 2.40. The van der Waals surface area contributed by atoms with Crippen molar-refractivity contribution in [1.29, 1.82) is 0 Å². The van der Waals surface area contributed by atoms with Crippen molar-refractivity contribution in [2.24, 2.45) is 0 Å². The first-order valence-electron chi connectivity index (χ1n) is 10.4. The molecule has 7 heteroatoms. The molecule has 1 aliphatic rings. The molecule has 1 aliphatic carbocycles. The highest BCUT2D eigenvalue weighted by Crippen LogP contribution is 2.28. The fraction of sp³-hybridized carbons (Fsp3) is 0.360. The predicted octanol–water partition coefficient (Wildman–Crippen LogP) is 4.93. The Morgan fingerprint density at radius 1 is 1.09 bits per heavy atom. The second kappa shape index (κ2) is 9.90. The molecule has 2 aromatic rings. The number of para-hydroxylation sites is 1. The van der Waals surface area contributed by atoms with Crippen LogP contribution < -0.4 is 4.74 Å². The number of hydrogen-bond donors (Lipinski definition) is 2. The Morgan fingerprint density at radius 3 is 2.47 bits per heavy atom. The first-order chi connectivity index (χ1) is 15.0. The minimum atomic E-state index is -4.72. The largest absolute Gasteiger partial charge is 0.462 e. The Bertz CT molecular complexity index is 949. The van der Waals surface area contributed by atoms with Crippen LogP contribution in [0, 0.1) is 0 Å². The maximum atomic E-state index is 13.1. The monoisotopic (exact) mass is 447 g/mol. The van der Waals surface area contributed by atoms with Gasteiger partial charge in [0.15, 0.2) is 6.10 Å². The molecule has 2 atom stereocenters. The molecule has 0 amide bonds. The smallest absolute Gasteiger partial charge is 0.415 e. The van der Waals surface area contributed by atoms with E-state index in [9.17, 15) is 23.4 Å². The van der Waals surface area contributed by atoms with E-state index >= 15 is 0 Å². The molecule has 0 aliphatic heterocycles. The number of hydrogen-bond acceptors (Lipinski definition) is 4. The molecule has 0 heterocycles. The average molecular weight is 447 g/mol. The van der Waals surface area contributed by atoms with Crippen LogP contribution in [0.2, 0.25) is 0 Å². The van der Waals surface area contributed by atoms with E-state index in [4.69, 9.17) is 4.74 Å². The fourth-order valence-electron chi connectivity index (χ4n) is 3.53. The van der Waals surface area contributed by atoms with Crippen molar-refractivity contribution in [2.45, 2.75) is 50.7 Å². The lowest BCUT2D eigenvalue weighted by Gasteiger charge is -2.34. The summed E-state index contributed by atoms with van der Waals surface area (Å²) in [6.07, 6.45) is -1.48. The lowest BCUT2D eigenvalue weighted by Crippen LogP contribution is -2.45. The summed E-state index contributed by atoms with van der Waals surface area (Å²) in [6.45, 7) is 2.90. The lowest BCUT2D eigenvalue weighted by atomic mass is 9.96. The fourth-order valence-corrected chi connectivity index (χ4v) is 3.53. The number of alkyl halides is 3. The number of aliphatic hydroxyl groups excluding tert-OH is 1. The predicted molar refractivity (Wildman–Crippen MR) is 117 cm³/mol. The summed E-state index contributed by atoms with van der Waals surface area (Å²) in [7, 11) is 0. The van der Waals surface area contributed by atoms with Gasteiger partial charge in [-0.25, -0.2) is 0 Å². The third kappa shape index (κ3) is 6.69. The molecule has 0 aromatic heterocycles. The lowest BCUT2D eigenvalue weighted by molar-refractivity contribution is -0.209. The van der Waals surface area contributed by atoms with Gasteiger partial charge in [-0.2, -0.15) is 13.2 Å². The Kier molecular flexibility index (Phi) is 7.44. The summed E-state index contributed by atoms with van der Waals surface area (Å²) < 4.78 is 45.3. The van der Waals surface area contributed by atoms with E-state index in [2.05, 4.69) is 0 Å². The summed E-state index contributed by atoms with van der Waals surface area (Å²) in [5, 5.41) is 20.1. The molecule has 32 heavy (non-hydrogen) atoms. The topological polar surface area (TPSA) is 52.9 Å². The van der Waals surface area contributed by atoms with Crippen LogP contribution in [-0.4, -0.2) is 40.0 Å². The first kappa shape index (κ1) is 24.0. The van der Waals surface area contributed by atoms with Crippen molar-refractivity contribution in [3.05, 3.63) is 89.7 Å². The van der Waals surface area contributed by atoms with Crippen molar-refractivity contribution in [3.8, 4) is 5.75 Å². The minimum absolute atomic E-state index is 0.171. The van der Waals surface area contributed by atoms with Gasteiger partial charge in [-0.1, -0.05) is 54.6 Å². The van der Waals surface area contributed by atoms with Crippen LogP contribution in [0.5, 0.6) is 5.75 Å². The Balaban J connectivity index is 1.80. The van der Waals surface area contributed by atoms with Crippen LogP contribution in [0.15, 0.2) is 78.6 Å². The Hall–Kier alpha value is -2.61. The zero-order valence-electron chi connectivity index (χ0n) is 18.1. The van der Waals surface area contributed by atoms with Gasteiger partial charge in [0.25, 0.3) is 0 Å². The highest BCUT2D eigenvalue weighted by molar-refractivity contribution is 5.29. The van der Waals surface area contributed by atoms with E-state index in [-0.39, 0.29) is 6.54 Å². The summed E-state index contributed by atoms with van der Waals surface area (Å²) in [6, 6.07) is 15.9. The van der Waals surface area contributed by atoms with Crippen LogP contribution in [-0.2, 0) is 12.1 Å². The van der Waals surface area contributed by atoms with Crippen LogP contribution >= 0.6 is 0 Å². The summed E-state index contributed by atoms with van der Waals surface area (Å²) in [4.78, 5) is 1.58. The summed E-state index contributed by atoms with van der Waals surface area (Å²) in [5.41, 5.74) is 0.335. The van der Waals surface area contributed by atoms with E-state index in [1.54, 1.807) is 61.2 Å². The van der Waals surface area contributed by atoms with Crippen molar-refractivity contribution >= 4 is 0 Å². The number of ether oxygens (including phenoxy) is 1. The number of aliphatic hydroxyl groups is 2. The van der Waals surface area contributed by atoms with Gasteiger partial charge in [0.1, 0.15) is 11.5 Å². The third-order valence-electron chi connectivity index (χ3n) is 5.29. The molecule has 0 fully saturated rings. The molecule has 4 nitrogen and oxygen atoms in total. The van der Waals surface area contributed by atoms with E-state index in [1.165, 1.54) is 0 Å². The van der Waals surface area contributed by atoms with E-state index in [1.807, 2.05) is 30.3 Å². The third-order valence-corrected chi connectivity index (χ3v) is 5.29. The van der Waals surface area contributed by atoms with E-state index < -0.39 is 30.5 Å². The summed E-state index contributed by atoms with van der Waals surface area (Å²) >= 11 is 0. The number of allylic oxidation sites excluding steroid dienone is 2. The Labute approximate surface area is 186 Å². The molecular formula is C25H28F3NO3. The summed E-state index contributed by atoms with van der Waals surface area (Å²) in [5.74, 6) is 1.27. The van der Waals surface area contributed by atoms with Crippen LogP contribution in [0.1, 0.15) is 31.4 Å².